The van der Waals surface area contributed by atoms with Crippen molar-refractivity contribution >= 4 is 23.4 Å². The first-order chi connectivity index (χ1) is 22.1. The molecule has 9 heteroatoms. The van der Waals surface area contributed by atoms with Gasteiger partial charge >= 0.3 is 0 Å². The zero-order valence-corrected chi connectivity index (χ0v) is 27.4. The predicted octanol–water partition coefficient (Wildman–Crippen LogP) is 4.60. The van der Waals surface area contributed by atoms with E-state index in [9.17, 15) is 19.5 Å². The maximum Gasteiger partial charge on any atom is 0.253 e. The minimum atomic E-state index is -1.23. The molecule has 2 bridgehead atoms. The lowest BCUT2D eigenvalue weighted by Crippen LogP contribution is -2.60. The Labute approximate surface area is 272 Å². The number of carbonyl (C=O) groups is 3. The molecule has 0 aromatic heterocycles. The van der Waals surface area contributed by atoms with Gasteiger partial charge in [0.25, 0.3) is 5.91 Å². The minimum absolute atomic E-state index is 0.106. The third-order valence-electron chi connectivity index (χ3n) is 10.4. The summed E-state index contributed by atoms with van der Waals surface area (Å²) in [6, 6.07) is 15.2. The number of nitrogens with zero attached hydrogens (tertiary/aromatic N) is 3. The molecule has 3 fully saturated rings. The van der Waals surface area contributed by atoms with Crippen LogP contribution in [0, 0.1) is 17.8 Å². The Bertz CT molecular complexity index is 1450. The number of rotatable bonds is 14. The second-order valence-electron chi connectivity index (χ2n) is 13.0. The third-order valence-corrected chi connectivity index (χ3v) is 10.4. The number of methoxy groups -OCH3 is 1. The molecule has 2 aromatic rings. The zero-order chi connectivity index (χ0) is 33.2. The summed E-state index contributed by atoms with van der Waals surface area (Å²) in [5.41, 5.74) is -0.589. The molecule has 3 aliphatic heterocycles. The van der Waals surface area contributed by atoms with Crippen molar-refractivity contribution in [3.8, 4) is 5.75 Å². The molecule has 3 aliphatic rings. The average molecular weight is 630 g/mol. The van der Waals surface area contributed by atoms with Gasteiger partial charge < -0.3 is 29.3 Å². The summed E-state index contributed by atoms with van der Waals surface area (Å²) in [5, 5.41) is 10.7. The van der Waals surface area contributed by atoms with Crippen LogP contribution in [0.4, 0.5) is 5.69 Å². The van der Waals surface area contributed by atoms with E-state index in [0.29, 0.717) is 43.8 Å². The fraction of sp³-hybridized carbons (Fsp3) is 0.486. The van der Waals surface area contributed by atoms with E-state index in [4.69, 9.17) is 9.47 Å². The SMILES string of the molecule is C=CCN(Cc1ccccc1)C(=O)[C@@H]1[C@H]2C(=O)N([C@@H](CO)[C@@H](C)CC)C(C(=O)N(CC=C)c3ccc(OC)cc3)C23CC[C@@]1(C)O3. The largest absolute Gasteiger partial charge is 0.497 e. The van der Waals surface area contributed by atoms with Crippen LogP contribution < -0.4 is 9.64 Å². The molecule has 246 valence electrons. The number of benzene rings is 2. The van der Waals surface area contributed by atoms with E-state index in [0.717, 1.165) is 5.56 Å². The van der Waals surface area contributed by atoms with Gasteiger partial charge in [-0.2, -0.15) is 0 Å². The smallest absolute Gasteiger partial charge is 0.253 e. The van der Waals surface area contributed by atoms with Crippen molar-refractivity contribution < 1.29 is 29.0 Å². The summed E-state index contributed by atoms with van der Waals surface area (Å²) in [6.07, 6.45) is 4.99. The molecular weight excluding hydrogens is 582 g/mol. The molecule has 2 aromatic carbocycles. The van der Waals surface area contributed by atoms with E-state index in [1.165, 1.54) is 0 Å². The highest BCUT2D eigenvalue weighted by Crippen LogP contribution is 2.64. The average Bonchev–Trinajstić information content (AvgIpc) is 3.64. The standard InChI is InChI=1S/C37H47N3O6/c1-7-21-38(23-26-13-11-10-12-14-26)33(42)30-31-34(43)40(29(24-41)25(4)9-3)32(37(31)20-19-36(30,5)46-37)35(44)39(22-8-2)27-15-17-28(45-6)18-16-27/h7-8,10-18,25,29-32,41H,1-2,9,19-24H2,3-6H3/t25-,29-,30-,31-,32?,36+,37?/m0/s1. The van der Waals surface area contributed by atoms with Crippen LogP contribution in [0.2, 0.25) is 0 Å². The number of aliphatic hydroxyl groups excluding tert-OH is 1. The first kappa shape index (κ1) is 33.4. The highest BCUT2D eigenvalue weighted by Gasteiger charge is 2.79. The molecule has 3 amide bonds. The second-order valence-corrected chi connectivity index (χ2v) is 13.0. The van der Waals surface area contributed by atoms with Crippen molar-refractivity contribution in [3.05, 3.63) is 85.5 Å². The maximum atomic E-state index is 14.9. The van der Waals surface area contributed by atoms with Gasteiger partial charge in [0.15, 0.2) is 0 Å². The summed E-state index contributed by atoms with van der Waals surface area (Å²) in [6.45, 7) is 14.2. The highest BCUT2D eigenvalue weighted by atomic mass is 16.5. The number of hydrogen-bond donors (Lipinski definition) is 1. The van der Waals surface area contributed by atoms with Crippen molar-refractivity contribution in [1.82, 2.24) is 9.80 Å². The predicted molar refractivity (Wildman–Crippen MR) is 177 cm³/mol. The van der Waals surface area contributed by atoms with E-state index >= 15 is 0 Å². The van der Waals surface area contributed by atoms with Crippen LogP contribution in [0.15, 0.2) is 79.9 Å². The van der Waals surface area contributed by atoms with Gasteiger partial charge in [-0.15, -0.1) is 13.2 Å². The number of ether oxygens (including phenoxy) is 2. The summed E-state index contributed by atoms with van der Waals surface area (Å²) >= 11 is 0. The number of anilines is 1. The van der Waals surface area contributed by atoms with Crippen molar-refractivity contribution in [3.63, 3.8) is 0 Å². The Morgan fingerprint density at radius 3 is 2.35 bits per heavy atom. The van der Waals surface area contributed by atoms with Crippen LogP contribution in [-0.4, -0.2) is 82.7 Å². The Kier molecular flexibility index (Phi) is 9.75. The first-order valence-corrected chi connectivity index (χ1v) is 16.2. The topological polar surface area (TPSA) is 99.6 Å². The molecule has 0 aliphatic carbocycles. The Morgan fingerprint density at radius 2 is 1.76 bits per heavy atom. The quantitative estimate of drug-likeness (QED) is 0.307. The molecule has 0 radical (unpaired) electrons. The number of aliphatic hydroxyl groups is 1. The number of fused-ring (bicyclic) bond motifs is 1. The van der Waals surface area contributed by atoms with Gasteiger partial charge in [0.1, 0.15) is 17.4 Å². The van der Waals surface area contributed by atoms with Crippen LogP contribution in [-0.2, 0) is 25.7 Å². The Morgan fingerprint density at radius 1 is 1.09 bits per heavy atom. The van der Waals surface area contributed by atoms with Crippen LogP contribution in [0.1, 0.15) is 45.6 Å². The van der Waals surface area contributed by atoms with Crippen LogP contribution >= 0.6 is 0 Å². The van der Waals surface area contributed by atoms with Gasteiger partial charge in [-0.25, -0.2) is 0 Å². The van der Waals surface area contributed by atoms with E-state index in [-0.39, 0.29) is 36.8 Å². The lowest BCUT2D eigenvalue weighted by molar-refractivity contribution is -0.153. The van der Waals surface area contributed by atoms with Crippen molar-refractivity contribution in [2.45, 2.75) is 69.9 Å². The summed E-state index contributed by atoms with van der Waals surface area (Å²) in [7, 11) is 1.58. The second kappa shape index (κ2) is 13.4. The molecule has 7 atom stereocenters. The number of hydrogen-bond acceptors (Lipinski definition) is 6. The molecular formula is C37H47N3O6. The number of carbonyl (C=O) groups excluding carboxylic acids is 3. The number of amides is 3. The van der Waals surface area contributed by atoms with Crippen LogP contribution in [0.3, 0.4) is 0 Å². The van der Waals surface area contributed by atoms with Crippen molar-refractivity contribution in [2.75, 3.05) is 31.7 Å². The van der Waals surface area contributed by atoms with Crippen LogP contribution in [0.5, 0.6) is 5.75 Å². The van der Waals surface area contributed by atoms with Gasteiger partial charge in [-0.3, -0.25) is 14.4 Å². The molecule has 9 nitrogen and oxygen atoms in total. The van der Waals surface area contributed by atoms with E-state index < -0.39 is 35.1 Å². The minimum Gasteiger partial charge on any atom is -0.497 e. The molecule has 2 unspecified atom stereocenters. The maximum absolute atomic E-state index is 14.9. The third kappa shape index (κ3) is 5.53. The molecule has 1 spiro atoms. The van der Waals surface area contributed by atoms with Gasteiger partial charge in [0.2, 0.25) is 11.8 Å². The summed E-state index contributed by atoms with van der Waals surface area (Å²) in [5.74, 6) is -1.97. The molecule has 46 heavy (non-hydrogen) atoms. The molecule has 5 rings (SSSR count). The lowest BCUT2D eigenvalue weighted by atomic mass is 9.66. The summed E-state index contributed by atoms with van der Waals surface area (Å²) in [4.78, 5) is 49.3. The molecule has 0 saturated carbocycles. The van der Waals surface area contributed by atoms with Gasteiger partial charge in [0, 0.05) is 25.3 Å². The lowest BCUT2D eigenvalue weighted by Gasteiger charge is -2.41. The molecule has 3 saturated heterocycles. The highest BCUT2D eigenvalue weighted by molar-refractivity contribution is 6.05. The van der Waals surface area contributed by atoms with Gasteiger partial charge in [0.05, 0.1) is 37.2 Å². The normalized spacial score (nSPS) is 27.5. The zero-order valence-electron chi connectivity index (χ0n) is 27.4. The number of likely N-dealkylation sites (tertiary alicyclic amines) is 1. The summed E-state index contributed by atoms with van der Waals surface area (Å²) < 4.78 is 12.2. The van der Waals surface area contributed by atoms with E-state index in [1.54, 1.807) is 58.2 Å². The van der Waals surface area contributed by atoms with Gasteiger partial charge in [-0.1, -0.05) is 62.8 Å². The van der Waals surface area contributed by atoms with Gasteiger partial charge in [-0.05, 0) is 55.5 Å². The fourth-order valence-corrected chi connectivity index (χ4v) is 7.94. The Hall–Kier alpha value is -3.95. The van der Waals surface area contributed by atoms with Crippen LogP contribution in [0.25, 0.3) is 0 Å². The van der Waals surface area contributed by atoms with Crippen molar-refractivity contribution in [1.29, 1.82) is 0 Å². The fourth-order valence-electron chi connectivity index (χ4n) is 7.94. The Balaban J connectivity index is 1.61. The van der Waals surface area contributed by atoms with Crippen molar-refractivity contribution in [2.24, 2.45) is 17.8 Å². The molecule has 1 N–H and O–H groups in total. The van der Waals surface area contributed by atoms with E-state index in [1.807, 2.05) is 51.1 Å². The first-order valence-electron chi connectivity index (χ1n) is 16.2. The van der Waals surface area contributed by atoms with E-state index in [2.05, 4.69) is 13.2 Å². The molecule has 3 heterocycles. The monoisotopic (exact) mass is 629 g/mol.